The zero-order valence-electron chi connectivity index (χ0n) is 12.8. The second-order valence-electron chi connectivity index (χ2n) is 4.19. The van der Waals surface area contributed by atoms with Gasteiger partial charge >= 0.3 is 11.9 Å². The van der Waals surface area contributed by atoms with Crippen molar-refractivity contribution in [2.24, 2.45) is 0 Å². The summed E-state index contributed by atoms with van der Waals surface area (Å²) in [4.78, 5) is 20.4. The van der Waals surface area contributed by atoms with Gasteiger partial charge in [0.2, 0.25) is 0 Å². The normalized spacial score (nSPS) is 10.0. The molecule has 4 nitrogen and oxygen atoms in total. The Balaban J connectivity index is 0.000000433. The quantitative estimate of drug-likeness (QED) is 0.359. The zero-order chi connectivity index (χ0) is 16.6. The highest BCUT2D eigenvalue weighted by Crippen LogP contribution is 2.00. The molecule has 0 bridgehead atoms. The van der Waals surface area contributed by atoms with Crippen LogP contribution in [0.4, 0.5) is 0 Å². The Kier molecular flexibility index (Phi) is 11.8. The Morgan fingerprint density at radius 3 is 2.45 bits per heavy atom. The average Bonchev–Trinajstić information content (AvgIpc) is 2.53. The highest BCUT2D eigenvalue weighted by atomic mass is 16.5. The molecule has 0 atom stereocenters. The minimum atomic E-state index is -0.933. The smallest absolute Gasteiger partial charge is 0.330 e. The van der Waals surface area contributed by atoms with Gasteiger partial charge in [-0.3, -0.25) is 0 Å². The van der Waals surface area contributed by atoms with Crippen LogP contribution in [0, 0.1) is 0 Å². The van der Waals surface area contributed by atoms with Crippen LogP contribution in [0.15, 0.2) is 61.2 Å². The Morgan fingerprint density at radius 1 is 1.23 bits per heavy atom. The van der Waals surface area contributed by atoms with Gasteiger partial charge in [-0.1, -0.05) is 68.5 Å². The molecule has 0 aromatic heterocycles. The van der Waals surface area contributed by atoms with Gasteiger partial charge in [-0.25, -0.2) is 9.59 Å². The minimum Gasteiger partial charge on any atom is -0.478 e. The maximum Gasteiger partial charge on any atom is 0.330 e. The van der Waals surface area contributed by atoms with E-state index in [0.717, 1.165) is 24.5 Å². The fraction of sp³-hybridized carbons (Fsp3) is 0.222. The SMILES string of the molecule is C=CC(=O)OCCCC.O=C(O)C=C/C=C/c1ccccc1. The highest BCUT2D eigenvalue weighted by molar-refractivity contribution is 5.81. The van der Waals surface area contributed by atoms with Gasteiger partial charge in [-0.2, -0.15) is 0 Å². The number of esters is 1. The monoisotopic (exact) mass is 302 g/mol. The molecule has 118 valence electrons. The molecule has 1 aromatic rings. The number of hydrogen-bond acceptors (Lipinski definition) is 3. The van der Waals surface area contributed by atoms with E-state index in [1.165, 1.54) is 12.2 Å². The summed E-state index contributed by atoms with van der Waals surface area (Å²) >= 11 is 0. The lowest BCUT2D eigenvalue weighted by Crippen LogP contribution is -2.00. The van der Waals surface area contributed by atoms with Crippen LogP contribution in [-0.2, 0) is 14.3 Å². The molecule has 0 aliphatic rings. The third-order valence-corrected chi connectivity index (χ3v) is 2.35. The summed E-state index contributed by atoms with van der Waals surface area (Å²) in [6.07, 6.45) is 9.29. The van der Waals surface area contributed by atoms with Gasteiger partial charge in [0.05, 0.1) is 6.61 Å². The van der Waals surface area contributed by atoms with Gasteiger partial charge in [-0.15, -0.1) is 0 Å². The minimum absolute atomic E-state index is 0.330. The van der Waals surface area contributed by atoms with Gasteiger partial charge in [0.15, 0.2) is 0 Å². The van der Waals surface area contributed by atoms with Crippen LogP contribution in [-0.4, -0.2) is 23.7 Å². The average molecular weight is 302 g/mol. The number of carboxylic acids is 1. The first kappa shape index (κ1) is 19.4. The summed E-state index contributed by atoms with van der Waals surface area (Å²) in [6, 6.07) is 9.70. The summed E-state index contributed by atoms with van der Waals surface area (Å²) in [5.74, 6) is -1.26. The van der Waals surface area contributed by atoms with Crippen LogP contribution in [0.1, 0.15) is 25.3 Å². The first-order valence-corrected chi connectivity index (χ1v) is 7.02. The van der Waals surface area contributed by atoms with E-state index in [2.05, 4.69) is 11.3 Å². The van der Waals surface area contributed by atoms with E-state index < -0.39 is 5.97 Å². The van der Waals surface area contributed by atoms with E-state index in [4.69, 9.17) is 5.11 Å². The number of carbonyl (C=O) groups excluding carboxylic acids is 1. The third kappa shape index (κ3) is 12.4. The third-order valence-electron chi connectivity index (χ3n) is 2.35. The second-order valence-corrected chi connectivity index (χ2v) is 4.19. The molecule has 1 aromatic carbocycles. The van der Waals surface area contributed by atoms with Gasteiger partial charge in [0, 0.05) is 12.2 Å². The molecular formula is C18H22O4. The summed E-state index contributed by atoms with van der Waals surface area (Å²) in [7, 11) is 0. The molecular weight excluding hydrogens is 280 g/mol. The van der Waals surface area contributed by atoms with Crippen molar-refractivity contribution in [3.63, 3.8) is 0 Å². The maximum atomic E-state index is 10.3. The number of aliphatic carboxylic acids is 1. The second kappa shape index (κ2) is 13.4. The molecule has 1 rings (SSSR count). The van der Waals surface area contributed by atoms with E-state index in [1.807, 2.05) is 43.3 Å². The van der Waals surface area contributed by atoms with Crippen LogP contribution in [0.3, 0.4) is 0 Å². The molecule has 0 aliphatic carbocycles. The fourth-order valence-corrected chi connectivity index (χ4v) is 1.24. The zero-order valence-corrected chi connectivity index (χ0v) is 12.8. The van der Waals surface area contributed by atoms with Crippen LogP contribution in [0.5, 0.6) is 0 Å². The predicted molar refractivity (Wildman–Crippen MR) is 88.3 cm³/mol. The number of allylic oxidation sites excluding steroid dienone is 2. The Hall–Kier alpha value is -2.62. The predicted octanol–water partition coefficient (Wildman–Crippen LogP) is 3.86. The number of carboxylic acid groups (broad SMARTS) is 1. The Labute approximate surface area is 131 Å². The maximum absolute atomic E-state index is 10.3. The largest absolute Gasteiger partial charge is 0.478 e. The van der Waals surface area contributed by atoms with Gasteiger partial charge in [0.25, 0.3) is 0 Å². The first-order valence-electron chi connectivity index (χ1n) is 7.02. The summed E-state index contributed by atoms with van der Waals surface area (Å²) < 4.78 is 4.67. The molecule has 0 radical (unpaired) electrons. The topological polar surface area (TPSA) is 63.6 Å². The molecule has 0 saturated carbocycles. The van der Waals surface area contributed by atoms with Crippen LogP contribution in [0.2, 0.25) is 0 Å². The lowest BCUT2D eigenvalue weighted by molar-refractivity contribution is -0.137. The molecule has 4 heteroatoms. The number of rotatable bonds is 7. The van der Waals surface area contributed by atoms with Crippen molar-refractivity contribution in [2.45, 2.75) is 19.8 Å². The van der Waals surface area contributed by atoms with Crippen LogP contribution in [0.25, 0.3) is 6.08 Å². The van der Waals surface area contributed by atoms with E-state index in [0.29, 0.717) is 6.61 Å². The van der Waals surface area contributed by atoms with Crippen molar-refractivity contribution < 1.29 is 19.4 Å². The van der Waals surface area contributed by atoms with Crippen molar-refractivity contribution in [1.82, 2.24) is 0 Å². The molecule has 0 unspecified atom stereocenters. The number of hydrogen-bond donors (Lipinski definition) is 1. The standard InChI is InChI=1S/C11H10O2.C7H12O2/c12-11(13)9-5-4-8-10-6-2-1-3-7-10;1-3-5-6-9-7(8)4-2/h1-9H,(H,12,13);4H,2-3,5-6H2,1H3/b8-4+,9-5?;. The number of ether oxygens (including phenoxy) is 1. The van der Waals surface area contributed by atoms with Crippen molar-refractivity contribution in [1.29, 1.82) is 0 Å². The molecule has 0 heterocycles. The van der Waals surface area contributed by atoms with Gasteiger partial charge in [-0.05, 0) is 12.0 Å². The molecule has 0 amide bonds. The van der Waals surface area contributed by atoms with Crippen molar-refractivity contribution in [3.05, 3.63) is 66.8 Å². The Morgan fingerprint density at radius 2 is 1.91 bits per heavy atom. The molecule has 0 fully saturated rings. The lowest BCUT2D eigenvalue weighted by atomic mass is 10.2. The molecule has 0 spiro atoms. The Bertz CT molecular complexity index is 501. The van der Waals surface area contributed by atoms with E-state index in [9.17, 15) is 9.59 Å². The first-order chi connectivity index (χ1) is 10.6. The molecule has 1 N–H and O–H groups in total. The van der Waals surface area contributed by atoms with Crippen molar-refractivity contribution >= 4 is 18.0 Å². The fourth-order valence-electron chi connectivity index (χ4n) is 1.24. The molecule has 22 heavy (non-hydrogen) atoms. The number of benzene rings is 1. The van der Waals surface area contributed by atoms with Crippen molar-refractivity contribution in [2.75, 3.05) is 6.61 Å². The summed E-state index contributed by atoms with van der Waals surface area (Å²) in [5.41, 5.74) is 1.05. The van der Waals surface area contributed by atoms with Crippen LogP contribution < -0.4 is 0 Å². The van der Waals surface area contributed by atoms with E-state index in [1.54, 1.807) is 6.08 Å². The van der Waals surface area contributed by atoms with Gasteiger partial charge in [0.1, 0.15) is 0 Å². The van der Waals surface area contributed by atoms with E-state index >= 15 is 0 Å². The summed E-state index contributed by atoms with van der Waals surface area (Å²) in [5, 5.41) is 8.29. The summed E-state index contributed by atoms with van der Waals surface area (Å²) in [6.45, 7) is 5.82. The molecule has 0 saturated heterocycles. The number of carbonyl (C=O) groups is 2. The highest BCUT2D eigenvalue weighted by Gasteiger charge is 1.91. The van der Waals surface area contributed by atoms with Crippen LogP contribution >= 0.6 is 0 Å². The van der Waals surface area contributed by atoms with Crippen molar-refractivity contribution in [3.8, 4) is 0 Å². The lowest BCUT2D eigenvalue weighted by Gasteiger charge is -1.97. The number of unbranched alkanes of at least 4 members (excludes halogenated alkanes) is 1. The molecule has 0 aliphatic heterocycles. The van der Waals surface area contributed by atoms with Gasteiger partial charge < -0.3 is 9.84 Å². The van der Waals surface area contributed by atoms with E-state index in [-0.39, 0.29) is 5.97 Å².